The zero-order valence-electron chi connectivity index (χ0n) is 19.7. The molecule has 0 spiro atoms. The molecule has 0 heterocycles. The number of carbonyl (C=O) groups is 1. The summed E-state index contributed by atoms with van der Waals surface area (Å²) < 4.78 is 11.6. The van der Waals surface area contributed by atoms with Gasteiger partial charge in [-0.15, -0.1) is 6.58 Å². The van der Waals surface area contributed by atoms with E-state index < -0.39 is 10.8 Å². The van der Waals surface area contributed by atoms with Crippen LogP contribution >= 0.6 is 0 Å². The van der Waals surface area contributed by atoms with E-state index in [1.165, 1.54) is 17.8 Å². The lowest BCUT2D eigenvalue weighted by Crippen LogP contribution is -2.20. The van der Waals surface area contributed by atoms with E-state index in [1.54, 1.807) is 37.5 Å². The molecule has 0 fully saturated rings. The topological polar surface area (TPSA) is 103 Å². The maximum absolute atomic E-state index is 12.3. The quantitative estimate of drug-likeness (QED) is 0.184. The molecule has 8 nitrogen and oxygen atoms in total. The summed E-state index contributed by atoms with van der Waals surface area (Å²) in [5.74, 6) is 0.682. The molecular formula is C27H27N3O5. The molecule has 0 aliphatic rings. The second kappa shape index (κ2) is 12.1. The maximum atomic E-state index is 12.3. The predicted molar refractivity (Wildman–Crippen MR) is 135 cm³/mol. The average Bonchev–Trinajstić information content (AvgIpc) is 2.84. The Kier molecular flexibility index (Phi) is 8.72. The maximum Gasteiger partial charge on any atom is 0.273 e. The molecular weight excluding hydrogens is 446 g/mol. The van der Waals surface area contributed by atoms with Crippen molar-refractivity contribution in [3.8, 4) is 11.5 Å². The Bertz CT molecular complexity index is 1240. The first-order chi connectivity index (χ1) is 16.9. The van der Waals surface area contributed by atoms with Crippen LogP contribution in [0, 0.1) is 17.0 Å². The number of nitro groups is 1. The lowest BCUT2D eigenvalue weighted by molar-refractivity contribution is -0.385. The molecule has 0 aliphatic carbocycles. The Labute approximate surface area is 204 Å². The van der Waals surface area contributed by atoms with Gasteiger partial charge in [0.25, 0.3) is 5.69 Å². The van der Waals surface area contributed by atoms with Gasteiger partial charge in [-0.05, 0) is 36.6 Å². The highest BCUT2D eigenvalue weighted by Crippen LogP contribution is 2.34. The molecule has 3 aromatic rings. The average molecular weight is 474 g/mol. The summed E-state index contributed by atoms with van der Waals surface area (Å²) in [6, 6.07) is 17.8. The van der Waals surface area contributed by atoms with Gasteiger partial charge < -0.3 is 9.47 Å². The highest BCUT2D eigenvalue weighted by molar-refractivity contribution is 5.85. The fourth-order valence-corrected chi connectivity index (χ4v) is 3.45. The Morgan fingerprint density at radius 1 is 1.14 bits per heavy atom. The van der Waals surface area contributed by atoms with Crippen LogP contribution in [0.1, 0.15) is 27.8 Å². The number of carbonyl (C=O) groups excluding carboxylic acids is 1. The van der Waals surface area contributed by atoms with Crippen molar-refractivity contribution in [3.63, 3.8) is 0 Å². The SMILES string of the molecule is C=CCc1cc(/C=N/NC(=O)Cc2ccccc2[N+](=O)[O-])cc(OC)c1OCc1ccc(C)cc1. The first-order valence-electron chi connectivity index (χ1n) is 11.0. The first kappa shape index (κ1) is 25.2. The minimum absolute atomic E-state index is 0.105. The second-order valence-electron chi connectivity index (χ2n) is 7.83. The van der Waals surface area contributed by atoms with Gasteiger partial charge in [-0.25, -0.2) is 5.43 Å². The van der Waals surface area contributed by atoms with Gasteiger partial charge in [0.05, 0.1) is 24.7 Å². The van der Waals surface area contributed by atoms with Gasteiger partial charge in [0.2, 0.25) is 5.91 Å². The van der Waals surface area contributed by atoms with Crippen LogP contribution in [0.3, 0.4) is 0 Å². The fourth-order valence-electron chi connectivity index (χ4n) is 3.45. The molecule has 0 saturated carbocycles. The van der Waals surface area contributed by atoms with Crippen LogP contribution in [0.2, 0.25) is 0 Å². The second-order valence-corrected chi connectivity index (χ2v) is 7.83. The van der Waals surface area contributed by atoms with Crippen LogP contribution in [0.5, 0.6) is 11.5 Å². The van der Waals surface area contributed by atoms with Gasteiger partial charge in [0.15, 0.2) is 11.5 Å². The summed E-state index contributed by atoms with van der Waals surface area (Å²) in [4.78, 5) is 22.9. The van der Waals surface area contributed by atoms with Gasteiger partial charge in [0.1, 0.15) is 6.61 Å². The number of aryl methyl sites for hydroxylation is 1. The molecule has 180 valence electrons. The summed E-state index contributed by atoms with van der Waals surface area (Å²) in [5.41, 5.74) is 6.39. The van der Waals surface area contributed by atoms with Crippen LogP contribution < -0.4 is 14.9 Å². The number of hydrogen-bond donors (Lipinski definition) is 1. The molecule has 3 aromatic carbocycles. The van der Waals surface area contributed by atoms with E-state index in [4.69, 9.17) is 9.47 Å². The summed E-state index contributed by atoms with van der Waals surface area (Å²) in [6.07, 6.45) is 3.63. The van der Waals surface area contributed by atoms with Crippen molar-refractivity contribution in [2.45, 2.75) is 26.4 Å². The number of benzene rings is 3. The molecule has 3 rings (SSSR count). The number of ether oxygens (including phenoxy) is 2. The van der Waals surface area contributed by atoms with E-state index in [1.807, 2.05) is 37.3 Å². The number of nitro benzene ring substituents is 1. The molecule has 0 saturated heterocycles. The minimum Gasteiger partial charge on any atom is -0.493 e. The van der Waals surface area contributed by atoms with E-state index in [0.29, 0.717) is 35.7 Å². The Morgan fingerprint density at radius 2 is 1.89 bits per heavy atom. The van der Waals surface area contributed by atoms with E-state index >= 15 is 0 Å². The van der Waals surface area contributed by atoms with Crippen LogP contribution in [0.15, 0.2) is 78.4 Å². The van der Waals surface area contributed by atoms with Crippen molar-refractivity contribution in [2.75, 3.05) is 7.11 Å². The smallest absolute Gasteiger partial charge is 0.273 e. The lowest BCUT2D eigenvalue weighted by atomic mass is 10.1. The molecule has 0 atom stereocenters. The van der Waals surface area contributed by atoms with E-state index in [0.717, 1.165) is 11.1 Å². The molecule has 1 N–H and O–H groups in total. The van der Waals surface area contributed by atoms with Gasteiger partial charge >= 0.3 is 0 Å². The number of hydrazone groups is 1. The molecule has 1 amide bonds. The van der Waals surface area contributed by atoms with Gasteiger partial charge in [-0.3, -0.25) is 14.9 Å². The summed E-state index contributed by atoms with van der Waals surface area (Å²) in [6.45, 7) is 6.24. The number of hydrogen-bond acceptors (Lipinski definition) is 6. The zero-order valence-corrected chi connectivity index (χ0v) is 19.7. The van der Waals surface area contributed by atoms with Crippen molar-refractivity contribution < 1.29 is 19.2 Å². The standard InChI is InChI=1S/C27H27N3O5/c1-4-7-23-14-21(15-25(34-3)27(23)35-18-20-12-10-19(2)11-13-20)17-28-29-26(31)16-22-8-5-6-9-24(22)30(32)33/h4-6,8-15,17H,1,7,16,18H2,2-3H3,(H,29,31)/b28-17+. The number of nitrogens with zero attached hydrogens (tertiary/aromatic N) is 2. The van der Waals surface area contributed by atoms with Crippen molar-refractivity contribution in [1.29, 1.82) is 0 Å². The molecule has 8 heteroatoms. The van der Waals surface area contributed by atoms with Crippen LogP contribution in [0.25, 0.3) is 0 Å². The van der Waals surface area contributed by atoms with Gasteiger partial charge in [-0.2, -0.15) is 5.10 Å². The Morgan fingerprint density at radius 3 is 2.57 bits per heavy atom. The number of para-hydroxylation sites is 1. The monoisotopic (exact) mass is 473 g/mol. The van der Waals surface area contributed by atoms with E-state index in [2.05, 4.69) is 17.1 Å². The third-order valence-electron chi connectivity index (χ3n) is 5.18. The van der Waals surface area contributed by atoms with Crippen molar-refractivity contribution in [2.24, 2.45) is 5.10 Å². The first-order valence-corrected chi connectivity index (χ1v) is 11.0. The molecule has 0 aliphatic heterocycles. The van der Waals surface area contributed by atoms with Crippen LogP contribution in [-0.4, -0.2) is 24.2 Å². The molecule has 35 heavy (non-hydrogen) atoms. The zero-order chi connectivity index (χ0) is 25.2. The largest absolute Gasteiger partial charge is 0.493 e. The van der Waals surface area contributed by atoms with Gasteiger partial charge in [-0.1, -0.05) is 54.1 Å². The highest BCUT2D eigenvalue weighted by atomic mass is 16.6. The normalized spacial score (nSPS) is 10.7. The Balaban J connectivity index is 1.72. The van der Waals surface area contributed by atoms with Crippen molar-refractivity contribution in [1.82, 2.24) is 5.43 Å². The molecule has 0 bridgehead atoms. The molecule has 0 radical (unpaired) electrons. The molecule has 0 unspecified atom stereocenters. The third-order valence-corrected chi connectivity index (χ3v) is 5.18. The third kappa shape index (κ3) is 7.01. The number of methoxy groups -OCH3 is 1. The minimum atomic E-state index is -0.512. The van der Waals surface area contributed by atoms with E-state index in [-0.39, 0.29) is 12.1 Å². The lowest BCUT2D eigenvalue weighted by Gasteiger charge is -2.16. The molecule has 0 aromatic heterocycles. The van der Waals surface area contributed by atoms with Gasteiger partial charge in [0, 0.05) is 17.2 Å². The summed E-state index contributed by atoms with van der Waals surface area (Å²) >= 11 is 0. The number of rotatable bonds is 11. The van der Waals surface area contributed by atoms with Crippen LogP contribution in [0.4, 0.5) is 5.69 Å². The van der Waals surface area contributed by atoms with Crippen molar-refractivity contribution >= 4 is 17.8 Å². The summed E-state index contributed by atoms with van der Waals surface area (Å²) in [7, 11) is 1.56. The van der Waals surface area contributed by atoms with E-state index in [9.17, 15) is 14.9 Å². The predicted octanol–water partition coefficient (Wildman–Crippen LogP) is 4.91. The fraction of sp³-hybridized carbons (Fsp3) is 0.185. The Hall–Kier alpha value is -4.46. The van der Waals surface area contributed by atoms with Crippen LogP contribution in [-0.2, 0) is 24.2 Å². The number of allylic oxidation sites excluding steroid dienone is 1. The van der Waals surface area contributed by atoms with Crippen molar-refractivity contribution in [3.05, 3.63) is 111 Å². The summed E-state index contributed by atoms with van der Waals surface area (Å²) in [5, 5.41) is 15.1. The highest BCUT2D eigenvalue weighted by Gasteiger charge is 2.15. The number of amides is 1. The number of nitrogens with one attached hydrogen (secondary N) is 1.